The van der Waals surface area contributed by atoms with E-state index < -0.39 is 15.8 Å². The molecule has 0 radical (unpaired) electrons. The van der Waals surface area contributed by atoms with E-state index in [1.807, 2.05) is 6.92 Å². The van der Waals surface area contributed by atoms with Crippen molar-refractivity contribution in [1.29, 1.82) is 0 Å². The number of anilines is 1. The summed E-state index contributed by atoms with van der Waals surface area (Å²) in [5, 5.41) is 4.18. The number of benzene rings is 1. The molecule has 2 rings (SSSR count). The van der Waals surface area contributed by atoms with Gasteiger partial charge in [-0.05, 0) is 39.0 Å². The Bertz CT molecular complexity index is 738. The molecule has 0 fully saturated rings. The minimum atomic E-state index is -3.78. The van der Waals surface area contributed by atoms with Crippen molar-refractivity contribution in [3.8, 4) is 0 Å². The van der Waals surface area contributed by atoms with Crippen LogP contribution in [-0.2, 0) is 16.6 Å². The van der Waals surface area contributed by atoms with Crippen molar-refractivity contribution < 1.29 is 12.8 Å². The number of hydrogen-bond acceptors (Lipinski definition) is 3. The normalized spacial score (nSPS) is 11.6. The van der Waals surface area contributed by atoms with Gasteiger partial charge in [0.25, 0.3) is 10.0 Å². The maximum absolute atomic E-state index is 13.1. The fourth-order valence-electron chi connectivity index (χ4n) is 2.14. The lowest BCUT2D eigenvalue weighted by atomic mass is 10.3. The highest BCUT2D eigenvalue weighted by molar-refractivity contribution is 7.92. The highest BCUT2D eigenvalue weighted by Crippen LogP contribution is 2.22. The number of rotatable bonds is 4. The number of nitrogens with one attached hydrogen (secondary N) is 1. The summed E-state index contributed by atoms with van der Waals surface area (Å²) in [6.07, 6.45) is 0. The minimum Gasteiger partial charge on any atom is -0.279 e. The molecule has 1 heterocycles. The van der Waals surface area contributed by atoms with E-state index in [1.165, 1.54) is 18.2 Å². The van der Waals surface area contributed by atoms with Gasteiger partial charge in [-0.15, -0.1) is 0 Å². The van der Waals surface area contributed by atoms with Crippen molar-refractivity contribution in [3.05, 3.63) is 41.5 Å². The van der Waals surface area contributed by atoms with Gasteiger partial charge in [0.1, 0.15) is 10.7 Å². The monoisotopic (exact) mass is 297 g/mol. The van der Waals surface area contributed by atoms with Gasteiger partial charge in [0.2, 0.25) is 0 Å². The standard InChI is InChI=1S/C13H16FN3O2S/c1-4-17-10(3)13(9(2)15-17)20(18,19)16-12-7-5-6-11(14)8-12/h5-8,16H,4H2,1-3H3. The van der Waals surface area contributed by atoms with Crippen LogP contribution in [0.1, 0.15) is 18.3 Å². The molecule has 7 heteroatoms. The van der Waals surface area contributed by atoms with Gasteiger partial charge in [-0.2, -0.15) is 5.10 Å². The van der Waals surface area contributed by atoms with E-state index in [4.69, 9.17) is 0 Å². The molecular weight excluding hydrogens is 281 g/mol. The molecule has 0 unspecified atom stereocenters. The van der Waals surface area contributed by atoms with Gasteiger partial charge in [-0.3, -0.25) is 9.40 Å². The molecule has 0 saturated carbocycles. The van der Waals surface area contributed by atoms with Crippen LogP contribution < -0.4 is 4.72 Å². The largest absolute Gasteiger partial charge is 0.279 e. The van der Waals surface area contributed by atoms with Crippen molar-refractivity contribution in [2.24, 2.45) is 0 Å². The van der Waals surface area contributed by atoms with E-state index in [0.29, 0.717) is 17.9 Å². The molecule has 0 aliphatic rings. The Morgan fingerprint density at radius 2 is 2.05 bits per heavy atom. The van der Waals surface area contributed by atoms with Crippen LogP contribution in [0.2, 0.25) is 0 Å². The molecule has 2 aromatic rings. The second kappa shape index (κ2) is 5.24. The third kappa shape index (κ3) is 2.67. The van der Waals surface area contributed by atoms with E-state index >= 15 is 0 Å². The molecule has 0 aliphatic carbocycles. The number of aromatic nitrogens is 2. The first-order chi connectivity index (χ1) is 9.35. The molecule has 0 saturated heterocycles. The third-order valence-electron chi connectivity index (χ3n) is 2.96. The van der Waals surface area contributed by atoms with Gasteiger partial charge < -0.3 is 0 Å². The van der Waals surface area contributed by atoms with Crippen LogP contribution in [-0.4, -0.2) is 18.2 Å². The maximum Gasteiger partial charge on any atom is 0.265 e. The average molecular weight is 297 g/mol. The summed E-state index contributed by atoms with van der Waals surface area (Å²) in [6, 6.07) is 5.33. The Labute approximate surface area is 117 Å². The van der Waals surface area contributed by atoms with Crippen LogP contribution in [0.3, 0.4) is 0 Å². The van der Waals surface area contributed by atoms with Gasteiger partial charge in [-0.1, -0.05) is 6.07 Å². The van der Waals surface area contributed by atoms with E-state index in [-0.39, 0.29) is 10.6 Å². The summed E-state index contributed by atoms with van der Waals surface area (Å²) < 4.78 is 41.9. The third-order valence-corrected chi connectivity index (χ3v) is 4.59. The zero-order valence-corrected chi connectivity index (χ0v) is 12.3. The second-order valence-corrected chi connectivity index (χ2v) is 6.05. The minimum absolute atomic E-state index is 0.142. The lowest BCUT2D eigenvalue weighted by Crippen LogP contribution is -2.15. The van der Waals surface area contributed by atoms with Crippen LogP contribution in [0, 0.1) is 19.7 Å². The Morgan fingerprint density at radius 3 is 2.60 bits per heavy atom. The van der Waals surface area contributed by atoms with Crippen LogP contribution in [0.25, 0.3) is 0 Å². The van der Waals surface area contributed by atoms with E-state index in [1.54, 1.807) is 18.5 Å². The zero-order chi connectivity index (χ0) is 14.9. The molecule has 0 atom stereocenters. The number of halogens is 1. The molecule has 0 aliphatic heterocycles. The molecule has 20 heavy (non-hydrogen) atoms. The lowest BCUT2D eigenvalue weighted by molar-refractivity contribution is 0.598. The van der Waals surface area contributed by atoms with E-state index in [2.05, 4.69) is 9.82 Å². The SMILES string of the molecule is CCn1nc(C)c(S(=O)(=O)Nc2cccc(F)c2)c1C. The molecule has 0 bridgehead atoms. The number of aryl methyl sites for hydroxylation is 2. The summed E-state index contributed by atoms with van der Waals surface area (Å²) in [6.45, 7) is 5.81. The quantitative estimate of drug-likeness (QED) is 0.943. The Hall–Kier alpha value is -1.89. The molecule has 1 aromatic heterocycles. The van der Waals surface area contributed by atoms with E-state index in [9.17, 15) is 12.8 Å². The van der Waals surface area contributed by atoms with Crippen LogP contribution in [0.5, 0.6) is 0 Å². The van der Waals surface area contributed by atoms with Crippen LogP contribution in [0.15, 0.2) is 29.2 Å². The fourth-order valence-corrected chi connectivity index (χ4v) is 3.60. The van der Waals surface area contributed by atoms with Gasteiger partial charge in [0, 0.05) is 6.54 Å². The molecular formula is C13H16FN3O2S. The average Bonchev–Trinajstić information content (AvgIpc) is 2.64. The van der Waals surface area contributed by atoms with Crippen molar-refractivity contribution in [2.45, 2.75) is 32.2 Å². The maximum atomic E-state index is 13.1. The van der Waals surface area contributed by atoms with Gasteiger partial charge in [0.05, 0.1) is 17.1 Å². The zero-order valence-electron chi connectivity index (χ0n) is 11.5. The first kappa shape index (κ1) is 14.5. The molecule has 1 N–H and O–H groups in total. The predicted molar refractivity (Wildman–Crippen MR) is 74.6 cm³/mol. The summed E-state index contributed by atoms with van der Waals surface area (Å²) in [7, 11) is -3.78. The topological polar surface area (TPSA) is 64.0 Å². The van der Waals surface area contributed by atoms with Crippen molar-refractivity contribution in [1.82, 2.24) is 9.78 Å². The van der Waals surface area contributed by atoms with Gasteiger partial charge in [-0.25, -0.2) is 12.8 Å². The Balaban J connectivity index is 2.43. The first-order valence-corrected chi connectivity index (χ1v) is 7.66. The van der Waals surface area contributed by atoms with Crippen molar-refractivity contribution in [2.75, 3.05) is 4.72 Å². The van der Waals surface area contributed by atoms with Crippen molar-refractivity contribution in [3.63, 3.8) is 0 Å². The predicted octanol–water partition coefficient (Wildman–Crippen LogP) is 2.46. The Morgan fingerprint density at radius 1 is 1.35 bits per heavy atom. The summed E-state index contributed by atoms with van der Waals surface area (Å²) in [5.74, 6) is -0.497. The summed E-state index contributed by atoms with van der Waals surface area (Å²) >= 11 is 0. The molecule has 5 nitrogen and oxygen atoms in total. The number of nitrogens with zero attached hydrogens (tertiary/aromatic N) is 2. The fraction of sp³-hybridized carbons (Fsp3) is 0.308. The first-order valence-electron chi connectivity index (χ1n) is 6.17. The lowest BCUT2D eigenvalue weighted by Gasteiger charge is -2.08. The van der Waals surface area contributed by atoms with Crippen LogP contribution >= 0.6 is 0 Å². The van der Waals surface area contributed by atoms with Crippen molar-refractivity contribution >= 4 is 15.7 Å². The number of sulfonamides is 1. The van der Waals surface area contributed by atoms with Gasteiger partial charge in [0.15, 0.2) is 0 Å². The highest BCUT2D eigenvalue weighted by atomic mass is 32.2. The molecule has 0 amide bonds. The molecule has 0 spiro atoms. The summed E-state index contributed by atoms with van der Waals surface area (Å²) in [4.78, 5) is 0.142. The van der Waals surface area contributed by atoms with Gasteiger partial charge >= 0.3 is 0 Å². The Kier molecular flexibility index (Phi) is 3.80. The molecule has 1 aromatic carbocycles. The van der Waals surface area contributed by atoms with E-state index in [0.717, 1.165) is 6.07 Å². The highest BCUT2D eigenvalue weighted by Gasteiger charge is 2.24. The smallest absolute Gasteiger partial charge is 0.265 e. The number of hydrogen-bond donors (Lipinski definition) is 1. The molecule has 108 valence electrons. The second-order valence-electron chi connectivity index (χ2n) is 4.43. The van der Waals surface area contributed by atoms with Crippen LogP contribution in [0.4, 0.5) is 10.1 Å². The summed E-state index contributed by atoms with van der Waals surface area (Å²) in [5.41, 5.74) is 1.18.